The van der Waals surface area contributed by atoms with E-state index in [1.165, 1.54) is 0 Å². The third-order valence-electron chi connectivity index (χ3n) is 2.87. The Morgan fingerprint density at radius 3 is 2.82 bits per heavy atom. The highest BCUT2D eigenvalue weighted by Gasteiger charge is 2.15. The van der Waals surface area contributed by atoms with Gasteiger partial charge in [0.2, 0.25) is 0 Å². The van der Waals surface area contributed by atoms with Crippen LogP contribution in [0.2, 0.25) is 5.02 Å². The van der Waals surface area contributed by atoms with E-state index in [1.54, 1.807) is 6.07 Å². The maximum Gasteiger partial charge on any atom is 0.120 e. The van der Waals surface area contributed by atoms with Gasteiger partial charge in [-0.05, 0) is 30.5 Å². The molecule has 0 saturated carbocycles. The van der Waals surface area contributed by atoms with Crippen LogP contribution in [0.1, 0.15) is 26.7 Å². The van der Waals surface area contributed by atoms with Crippen LogP contribution in [0.5, 0.6) is 5.75 Å². The second-order valence-corrected chi connectivity index (χ2v) is 4.74. The van der Waals surface area contributed by atoms with Gasteiger partial charge in [-0.3, -0.25) is 11.3 Å². The van der Waals surface area contributed by atoms with Gasteiger partial charge in [-0.15, -0.1) is 0 Å². The summed E-state index contributed by atoms with van der Waals surface area (Å²) >= 11 is 5.89. The summed E-state index contributed by atoms with van der Waals surface area (Å²) in [6.45, 7) is 4.90. The summed E-state index contributed by atoms with van der Waals surface area (Å²) in [5, 5.41) is 0.682. The van der Waals surface area contributed by atoms with Gasteiger partial charge in [0.25, 0.3) is 0 Å². The molecule has 0 aromatic heterocycles. The number of hydrogen-bond donors (Lipinski definition) is 2. The quantitative estimate of drug-likeness (QED) is 0.582. The molecule has 1 aromatic carbocycles. The summed E-state index contributed by atoms with van der Waals surface area (Å²) in [5.41, 5.74) is 2.81. The lowest BCUT2D eigenvalue weighted by Gasteiger charge is -2.23. The largest absolute Gasteiger partial charge is 0.492 e. The molecule has 0 amide bonds. The van der Waals surface area contributed by atoms with Crippen molar-refractivity contribution in [3.8, 4) is 5.75 Å². The SMILES string of the molecule is CCCC(C)C(COc1cccc(Cl)c1)NN. The fourth-order valence-corrected chi connectivity index (χ4v) is 1.96. The van der Waals surface area contributed by atoms with Crippen LogP contribution in [0.4, 0.5) is 0 Å². The molecule has 0 aliphatic heterocycles. The van der Waals surface area contributed by atoms with Crippen LogP contribution in [0.15, 0.2) is 24.3 Å². The zero-order valence-electron chi connectivity index (χ0n) is 10.4. The number of hydrazine groups is 1. The Morgan fingerprint density at radius 2 is 2.24 bits per heavy atom. The Balaban J connectivity index is 2.47. The molecule has 0 radical (unpaired) electrons. The van der Waals surface area contributed by atoms with Gasteiger partial charge in [0, 0.05) is 5.02 Å². The minimum atomic E-state index is 0.161. The second-order valence-electron chi connectivity index (χ2n) is 4.31. The fraction of sp³-hybridized carbons (Fsp3) is 0.538. The lowest BCUT2D eigenvalue weighted by molar-refractivity contribution is 0.218. The molecule has 0 fully saturated rings. The first-order chi connectivity index (χ1) is 8.17. The summed E-state index contributed by atoms with van der Waals surface area (Å²) in [7, 11) is 0. The molecule has 0 spiro atoms. The average Bonchev–Trinajstić information content (AvgIpc) is 2.30. The highest BCUT2D eigenvalue weighted by atomic mass is 35.5. The van der Waals surface area contributed by atoms with Crippen LogP contribution in [-0.4, -0.2) is 12.6 Å². The number of nitrogens with two attached hydrogens (primary N) is 1. The molecule has 2 atom stereocenters. The summed E-state index contributed by atoms with van der Waals surface area (Å²) in [5.74, 6) is 6.81. The standard InChI is InChI=1S/C13H21ClN2O/c1-3-5-10(2)13(16-15)9-17-12-7-4-6-11(14)8-12/h4,6-8,10,13,16H,3,5,9,15H2,1-2H3. The molecule has 0 aliphatic carbocycles. The zero-order valence-corrected chi connectivity index (χ0v) is 11.2. The molecule has 1 rings (SSSR count). The van der Waals surface area contributed by atoms with Crippen LogP contribution >= 0.6 is 11.6 Å². The van der Waals surface area contributed by atoms with Crippen molar-refractivity contribution in [2.24, 2.45) is 11.8 Å². The first-order valence-corrected chi connectivity index (χ1v) is 6.39. The monoisotopic (exact) mass is 256 g/mol. The number of nitrogens with one attached hydrogen (secondary N) is 1. The Labute approximate surface area is 108 Å². The lowest BCUT2D eigenvalue weighted by Crippen LogP contribution is -2.44. The molecule has 0 heterocycles. The van der Waals surface area contributed by atoms with Crippen molar-refractivity contribution in [1.82, 2.24) is 5.43 Å². The van der Waals surface area contributed by atoms with E-state index in [4.69, 9.17) is 22.2 Å². The zero-order chi connectivity index (χ0) is 12.7. The Hall–Kier alpha value is -0.770. The Bertz CT molecular complexity index is 333. The molecule has 17 heavy (non-hydrogen) atoms. The molecule has 1 aromatic rings. The topological polar surface area (TPSA) is 47.3 Å². The molecule has 2 unspecified atom stereocenters. The number of halogens is 1. The lowest BCUT2D eigenvalue weighted by atomic mass is 9.98. The minimum absolute atomic E-state index is 0.161. The number of ether oxygens (including phenoxy) is 1. The van der Waals surface area contributed by atoms with Crippen LogP contribution in [0, 0.1) is 5.92 Å². The van der Waals surface area contributed by atoms with E-state index >= 15 is 0 Å². The van der Waals surface area contributed by atoms with Crippen molar-refractivity contribution in [2.75, 3.05) is 6.61 Å². The highest BCUT2D eigenvalue weighted by molar-refractivity contribution is 6.30. The van der Waals surface area contributed by atoms with E-state index in [-0.39, 0.29) is 6.04 Å². The molecule has 3 N–H and O–H groups in total. The molecule has 4 heteroatoms. The van der Waals surface area contributed by atoms with E-state index in [0.29, 0.717) is 17.5 Å². The Kier molecular flexibility index (Phi) is 6.34. The summed E-state index contributed by atoms with van der Waals surface area (Å²) in [6.07, 6.45) is 2.28. The van der Waals surface area contributed by atoms with Gasteiger partial charge in [-0.2, -0.15) is 0 Å². The number of rotatable bonds is 7. The molecular weight excluding hydrogens is 236 g/mol. The number of benzene rings is 1. The van der Waals surface area contributed by atoms with Gasteiger partial charge in [0.1, 0.15) is 12.4 Å². The highest BCUT2D eigenvalue weighted by Crippen LogP contribution is 2.18. The first kappa shape index (κ1) is 14.3. The van der Waals surface area contributed by atoms with Gasteiger partial charge in [0.05, 0.1) is 6.04 Å². The van der Waals surface area contributed by atoms with Crippen LogP contribution in [-0.2, 0) is 0 Å². The molecule has 0 bridgehead atoms. The summed E-state index contributed by atoms with van der Waals surface area (Å²) < 4.78 is 5.68. The van der Waals surface area contributed by atoms with E-state index in [2.05, 4.69) is 19.3 Å². The minimum Gasteiger partial charge on any atom is -0.492 e. The Morgan fingerprint density at radius 1 is 1.47 bits per heavy atom. The van der Waals surface area contributed by atoms with Crippen molar-refractivity contribution in [2.45, 2.75) is 32.7 Å². The van der Waals surface area contributed by atoms with E-state index in [1.807, 2.05) is 18.2 Å². The van der Waals surface area contributed by atoms with Crippen LogP contribution in [0.3, 0.4) is 0 Å². The van der Waals surface area contributed by atoms with Crippen LogP contribution in [0.25, 0.3) is 0 Å². The third kappa shape index (κ3) is 4.94. The number of hydrogen-bond acceptors (Lipinski definition) is 3. The maximum atomic E-state index is 5.89. The molecule has 0 saturated heterocycles. The fourth-order valence-electron chi connectivity index (χ4n) is 1.78. The van der Waals surface area contributed by atoms with Crippen molar-refractivity contribution < 1.29 is 4.74 Å². The third-order valence-corrected chi connectivity index (χ3v) is 3.11. The van der Waals surface area contributed by atoms with Crippen molar-refractivity contribution in [3.63, 3.8) is 0 Å². The molecule has 0 aliphatic rings. The van der Waals surface area contributed by atoms with Crippen LogP contribution < -0.4 is 16.0 Å². The second kappa shape index (κ2) is 7.54. The van der Waals surface area contributed by atoms with Crippen molar-refractivity contribution in [1.29, 1.82) is 0 Å². The normalized spacial score (nSPS) is 14.4. The van der Waals surface area contributed by atoms with E-state index in [0.717, 1.165) is 18.6 Å². The predicted molar refractivity (Wildman–Crippen MR) is 72.1 cm³/mol. The maximum absolute atomic E-state index is 5.89. The smallest absolute Gasteiger partial charge is 0.120 e. The van der Waals surface area contributed by atoms with Crippen molar-refractivity contribution in [3.05, 3.63) is 29.3 Å². The van der Waals surface area contributed by atoms with Gasteiger partial charge in [-0.25, -0.2) is 0 Å². The molecule has 96 valence electrons. The van der Waals surface area contributed by atoms with E-state index < -0.39 is 0 Å². The summed E-state index contributed by atoms with van der Waals surface area (Å²) in [6, 6.07) is 7.56. The molecule has 3 nitrogen and oxygen atoms in total. The van der Waals surface area contributed by atoms with Crippen molar-refractivity contribution >= 4 is 11.6 Å². The van der Waals surface area contributed by atoms with Gasteiger partial charge >= 0.3 is 0 Å². The predicted octanol–water partition coefficient (Wildman–Crippen LogP) is 2.99. The molecular formula is C13H21ClN2O. The average molecular weight is 257 g/mol. The van der Waals surface area contributed by atoms with Gasteiger partial charge in [-0.1, -0.05) is 37.9 Å². The van der Waals surface area contributed by atoms with Gasteiger partial charge in [0.15, 0.2) is 0 Å². The van der Waals surface area contributed by atoms with E-state index in [9.17, 15) is 0 Å². The first-order valence-electron chi connectivity index (χ1n) is 6.01. The van der Waals surface area contributed by atoms with Gasteiger partial charge < -0.3 is 4.74 Å². The summed E-state index contributed by atoms with van der Waals surface area (Å²) in [4.78, 5) is 0.